The number of likely N-dealkylation sites (N-methyl/N-ethyl adjacent to an activating group) is 1. The normalized spacial score (nSPS) is 22.1. The first-order chi connectivity index (χ1) is 15.2. The highest BCUT2D eigenvalue weighted by molar-refractivity contribution is 6.11. The summed E-state index contributed by atoms with van der Waals surface area (Å²) in [4.78, 5) is 29.7. The number of benzene rings is 3. The second kappa shape index (κ2) is 6.95. The van der Waals surface area contributed by atoms with E-state index in [0.29, 0.717) is 16.8 Å². The molecule has 0 unspecified atom stereocenters. The van der Waals surface area contributed by atoms with Gasteiger partial charge in [0.05, 0.1) is 11.6 Å². The Bertz CT molecular complexity index is 1210. The fraction of sp³-hybridized carbons (Fsp3) is 0.200. The van der Waals surface area contributed by atoms with Crippen LogP contribution in [0.5, 0.6) is 0 Å². The number of carbonyl (C=O) groups is 2. The molecule has 3 aromatic carbocycles. The molecule has 2 atom stereocenters. The maximum atomic E-state index is 13.3. The highest BCUT2D eigenvalue weighted by Gasteiger charge is 2.65. The topological polar surface area (TPSA) is 40.6 Å². The molecule has 0 bridgehead atoms. The minimum Gasteiger partial charge on any atom is -0.336 e. The van der Waals surface area contributed by atoms with Gasteiger partial charge in [-0.1, -0.05) is 48.5 Å². The number of anilines is 1. The van der Waals surface area contributed by atoms with Crippen molar-refractivity contribution in [1.82, 2.24) is 4.90 Å². The number of likely N-dealkylation sites (tertiary alicyclic amines) is 1. The molecule has 32 heavy (non-hydrogen) atoms. The van der Waals surface area contributed by atoms with Crippen molar-refractivity contribution in [2.75, 3.05) is 18.5 Å². The first-order valence-corrected chi connectivity index (χ1v) is 10.2. The highest BCUT2D eigenvalue weighted by Crippen LogP contribution is 2.57. The standard InChI is InChI=1S/C25H19F3N2O2/c1-29-21(16-11-13-18(14-12-16)25(26,27)28)24(23(29)32)15-30(20-10-6-5-9-19(20)24)22(31)17-7-3-2-4-8-17/h2-14,21H,15H2,1H3/t21-,24-/m0/s1. The number of alkyl halides is 3. The smallest absolute Gasteiger partial charge is 0.336 e. The Morgan fingerprint density at radius 2 is 1.56 bits per heavy atom. The van der Waals surface area contributed by atoms with Crippen molar-refractivity contribution in [2.24, 2.45) is 0 Å². The van der Waals surface area contributed by atoms with Crippen molar-refractivity contribution in [2.45, 2.75) is 17.6 Å². The third kappa shape index (κ3) is 2.77. The monoisotopic (exact) mass is 436 g/mol. The maximum absolute atomic E-state index is 13.3. The van der Waals surface area contributed by atoms with Crippen LogP contribution in [0.15, 0.2) is 78.9 Å². The summed E-state index contributed by atoms with van der Waals surface area (Å²) in [6.07, 6.45) is -4.43. The Labute approximate surface area is 182 Å². The summed E-state index contributed by atoms with van der Waals surface area (Å²) in [6.45, 7) is 0.134. The molecule has 0 aromatic heterocycles. The van der Waals surface area contributed by atoms with Crippen molar-refractivity contribution in [3.63, 3.8) is 0 Å². The minimum atomic E-state index is -4.43. The van der Waals surface area contributed by atoms with Gasteiger partial charge in [0.25, 0.3) is 5.91 Å². The van der Waals surface area contributed by atoms with E-state index in [4.69, 9.17) is 0 Å². The summed E-state index contributed by atoms with van der Waals surface area (Å²) in [5, 5.41) is 0. The van der Waals surface area contributed by atoms with Crippen molar-refractivity contribution in [3.8, 4) is 0 Å². The number of halogens is 3. The third-order valence-corrected chi connectivity index (χ3v) is 6.46. The van der Waals surface area contributed by atoms with Gasteiger partial charge in [-0.05, 0) is 41.5 Å². The van der Waals surface area contributed by atoms with Crippen LogP contribution in [0.4, 0.5) is 18.9 Å². The lowest BCUT2D eigenvalue weighted by Crippen LogP contribution is -2.66. The molecule has 1 spiro atoms. The van der Waals surface area contributed by atoms with E-state index in [9.17, 15) is 22.8 Å². The number of rotatable bonds is 2. The van der Waals surface area contributed by atoms with Crippen molar-refractivity contribution in [3.05, 3.63) is 101 Å². The number of hydrogen-bond donors (Lipinski definition) is 0. The van der Waals surface area contributed by atoms with Gasteiger partial charge in [0.15, 0.2) is 0 Å². The van der Waals surface area contributed by atoms with Crippen molar-refractivity contribution >= 4 is 17.5 Å². The Morgan fingerprint density at radius 1 is 0.938 bits per heavy atom. The van der Waals surface area contributed by atoms with Crippen LogP contribution in [0.25, 0.3) is 0 Å². The van der Waals surface area contributed by atoms with Gasteiger partial charge in [-0.2, -0.15) is 13.2 Å². The molecule has 0 N–H and O–H groups in total. The predicted octanol–water partition coefficient (Wildman–Crippen LogP) is 4.82. The molecular weight excluding hydrogens is 417 g/mol. The Morgan fingerprint density at radius 3 is 2.22 bits per heavy atom. The van der Waals surface area contributed by atoms with E-state index in [1.807, 2.05) is 24.3 Å². The lowest BCUT2D eigenvalue weighted by atomic mass is 9.65. The minimum absolute atomic E-state index is 0.134. The molecular formula is C25H19F3N2O2. The zero-order valence-electron chi connectivity index (χ0n) is 17.1. The molecule has 5 rings (SSSR count). The molecule has 2 amide bonds. The largest absolute Gasteiger partial charge is 0.416 e. The van der Waals surface area contributed by atoms with Gasteiger partial charge >= 0.3 is 6.18 Å². The van der Waals surface area contributed by atoms with Crippen LogP contribution >= 0.6 is 0 Å². The number of carbonyl (C=O) groups excluding carboxylic acids is 2. The summed E-state index contributed by atoms with van der Waals surface area (Å²) in [6, 6.07) is 20.5. The zero-order chi connectivity index (χ0) is 22.7. The lowest BCUT2D eigenvalue weighted by molar-refractivity contribution is -0.157. The van der Waals surface area contributed by atoms with Gasteiger partial charge in [0.2, 0.25) is 5.91 Å². The van der Waals surface area contributed by atoms with Crippen LogP contribution in [-0.4, -0.2) is 30.3 Å². The second-order valence-corrected chi connectivity index (χ2v) is 8.18. The van der Waals surface area contributed by atoms with Crippen LogP contribution in [0.1, 0.15) is 33.1 Å². The van der Waals surface area contributed by atoms with E-state index < -0.39 is 23.2 Å². The number of β-lactam (4-membered cyclic amide) rings is 1. The fourth-order valence-electron chi connectivity index (χ4n) is 5.02. The molecule has 0 radical (unpaired) electrons. The van der Waals surface area contributed by atoms with Crippen LogP contribution in [-0.2, 0) is 16.4 Å². The van der Waals surface area contributed by atoms with Crippen molar-refractivity contribution < 1.29 is 22.8 Å². The fourth-order valence-corrected chi connectivity index (χ4v) is 5.02. The number of nitrogens with zero attached hydrogens (tertiary/aromatic N) is 2. The Balaban J connectivity index is 1.58. The highest BCUT2D eigenvalue weighted by atomic mass is 19.4. The third-order valence-electron chi connectivity index (χ3n) is 6.46. The molecule has 1 saturated heterocycles. The van der Waals surface area contributed by atoms with Gasteiger partial charge in [-0.25, -0.2) is 0 Å². The van der Waals surface area contributed by atoms with E-state index in [1.54, 1.807) is 42.3 Å². The molecule has 3 aromatic rings. The maximum Gasteiger partial charge on any atom is 0.416 e. The summed E-state index contributed by atoms with van der Waals surface area (Å²) < 4.78 is 39.1. The molecule has 2 aliphatic heterocycles. The zero-order valence-corrected chi connectivity index (χ0v) is 17.1. The summed E-state index contributed by atoms with van der Waals surface area (Å²) in [5.41, 5.74) is 0.706. The van der Waals surface area contributed by atoms with Gasteiger partial charge in [0.1, 0.15) is 5.41 Å². The molecule has 0 aliphatic carbocycles. The SMILES string of the molecule is CN1C(=O)[C@]2(CN(C(=O)c3ccccc3)c3ccccc32)[C@@H]1c1ccc(C(F)(F)F)cc1. The first kappa shape index (κ1) is 20.3. The van der Waals surface area contributed by atoms with Crippen LogP contribution in [0.3, 0.4) is 0 Å². The van der Waals surface area contributed by atoms with Crippen LogP contribution in [0.2, 0.25) is 0 Å². The molecule has 7 heteroatoms. The van der Waals surface area contributed by atoms with Gasteiger partial charge in [-0.3, -0.25) is 9.59 Å². The van der Waals surface area contributed by atoms with Gasteiger partial charge in [-0.15, -0.1) is 0 Å². The number of amides is 2. The molecule has 4 nitrogen and oxygen atoms in total. The number of hydrogen-bond acceptors (Lipinski definition) is 2. The number of para-hydroxylation sites is 1. The average Bonchev–Trinajstić information content (AvgIpc) is 3.16. The molecule has 162 valence electrons. The Kier molecular flexibility index (Phi) is 4.41. The first-order valence-electron chi connectivity index (χ1n) is 10.2. The van der Waals surface area contributed by atoms with E-state index in [2.05, 4.69) is 0 Å². The summed E-state index contributed by atoms with van der Waals surface area (Å²) in [5.74, 6) is -0.373. The number of fused-ring (bicyclic) bond motifs is 2. The van der Waals surface area contributed by atoms with E-state index in [-0.39, 0.29) is 18.4 Å². The predicted molar refractivity (Wildman–Crippen MR) is 113 cm³/mol. The molecule has 2 heterocycles. The van der Waals surface area contributed by atoms with E-state index in [0.717, 1.165) is 17.7 Å². The van der Waals surface area contributed by atoms with Crippen molar-refractivity contribution in [1.29, 1.82) is 0 Å². The van der Waals surface area contributed by atoms with Crippen LogP contribution in [0, 0.1) is 0 Å². The molecule has 1 fully saturated rings. The average molecular weight is 436 g/mol. The Hall–Kier alpha value is -3.61. The summed E-state index contributed by atoms with van der Waals surface area (Å²) in [7, 11) is 1.64. The second-order valence-electron chi connectivity index (χ2n) is 8.18. The lowest BCUT2D eigenvalue weighted by Gasteiger charge is -2.53. The quantitative estimate of drug-likeness (QED) is 0.541. The van der Waals surface area contributed by atoms with Gasteiger partial charge < -0.3 is 9.80 Å². The summed E-state index contributed by atoms with van der Waals surface area (Å²) >= 11 is 0. The molecule has 0 saturated carbocycles. The molecule has 2 aliphatic rings. The van der Waals surface area contributed by atoms with E-state index in [1.165, 1.54) is 17.0 Å². The van der Waals surface area contributed by atoms with Gasteiger partial charge in [0, 0.05) is 24.8 Å². The van der Waals surface area contributed by atoms with Crippen LogP contribution < -0.4 is 4.90 Å². The van der Waals surface area contributed by atoms with E-state index >= 15 is 0 Å².